The van der Waals surface area contributed by atoms with E-state index in [1.165, 1.54) is 35.7 Å². The van der Waals surface area contributed by atoms with Crippen LogP contribution in [0.4, 0.5) is 8.78 Å². The second-order valence-corrected chi connectivity index (χ2v) is 3.07. The topological polar surface area (TPSA) is 63.8 Å². The Morgan fingerprint density at radius 3 is 2.62 bits per heavy atom. The van der Waals surface area contributed by atoms with Gasteiger partial charge in [-0.2, -0.15) is 5.10 Å². The number of alkyl halides is 2. The van der Waals surface area contributed by atoms with E-state index in [0.29, 0.717) is 5.82 Å². The molecule has 7 heteroatoms. The fourth-order valence-corrected chi connectivity index (χ4v) is 1.18. The van der Waals surface area contributed by atoms with E-state index in [0.717, 1.165) is 0 Å². The van der Waals surface area contributed by atoms with E-state index in [9.17, 15) is 8.78 Å². The first-order valence-electron chi connectivity index (χ1n) is 4.45. The minimum Gasteiger partial charge on any atom is -0.382 e. The number of nitrogens with zero attached hydrogens (tertiary/aromatic N) is 4. The van der Waals surface area contributed by atoms with Crippen LogP contribution in [0.25, 0.3) is 5.82 Å². The van der Waals surface area contributed by atoms with Gasteiger partial charge in [0.1, 0.15) is 18.8 Å². The molecule has 2 rings (SSSR count). The zero-order valence-corrected chi connectivity index (χ0v) is 8.03. The van der Waals surface area contributed by atoms with Gasteiger partial charge < -0.3 is 5.11 Å². The van der Waals surface area contributed by atoms with Crippen LogP contribution in [0.2, 0.25) is 0 Å². The van der Waals surface area contributed by atoms with Gasteiger partial charge in [-0.3, -0.25) is 0 Å². The molecule has 0 aliphatic carbocycles. The van der Waals surface area contributed by atoms with Crippen molar-refractivity contribution in [2.24, 2.45) is 0 Å². The van der Waals surface area contributed by atoms with Crippen molar-refractivity contribution in [2.45, 2.75) is 12.5 Å². The standard InChI is InChI=1S/C9H8F2N4O/c10-9(11)8(16)6-1-2-7(13-3-6)15-5-12-4-14-15/h1-5,8-9,16H. The molecule has 2 aromatic rings. The van der Waals surface area contributed by atoms with Crippen LogP contribution in [-0.4, -0.2) is 31.3 Å². The molecule has 2 aromatic heterocycles. The molecule has 0 aliphatic rings. The summed E-state index contributed by atoms with van der Waals surface area (Å²) in [7, 11) is 0. The first kappa shape index (κ1) is 10.6. The summed E-state index contributed by atoms with van der Waals surface area (Å²) >= 11 is 0. The van der Waals surface area contributed by atoms with Crippen molar-refractivity contribution in [1.82, 2.24) is 19.7 Å². The van der Waals surface area contributed by atoms with Crippen molar-refractivity contribution in [1.29, 1.82) is 0 Å². The Morgan fingerprint density at radius 2 is 2.12 bits per heavy atom. The van der Waals surface area contributed by atoms with Crippen molar-refractivity contribution in [2.75, 3.05) is 0 Å². The third-order valence-corrected chi connectivity index (χ3v) is 2.00. The van der Waals surface area contributed by atoms with Gasteiger partial charge in [0.15, 0.2) is 5.82 Å². The van der Waals surface area contributed by atoms with Crippen LogP contribution in [0, 0.1) is 0 Å². The summed E-state index contributed by atoms with van der Waals surface area (Å²) in [6, 6.07) is 2.86. The molecule has 16 heavy (non-hydrogen) atoms. The van der Waals surface area contributed by atoms with Gasteiger partial charge in [-0.05, 0) is 6.07 Å². The minimum absolute atomic E-state index is 0.0684. The molecule has 5 nitrogen and oxygen atoms in total. The number of halogens is 2. The molecule has 0 aromatic carbocycles. The quantitative estimate of drug-likeness (QED) is 0.846. The smallest absolute Gasteiger partial charge is 0.268 e. The highest BCUT2D eigenvalue weighted by Gasteiger charge is 2.19. The molecule has 1 N–H and O–H groups in total. The van der Waals surface area contributed by atoms with Crippen molar-refractivity contribution >= 4 is 0 Å². The normalized spacial score (nSPS) is 13.0. The fourth-order valence-electron chi connectivity index (χ4n) is 1.18. The molecule has 2 heterocycles. The number of aromatic nitrogens is 4. The number of rotatable bonds is 3. The van der Waals surface area contributed by atoms with Gasteiger partial charge in [-0.15, -0.1) is 0 Å². The molecule has 0 fully saturated rings. The molecule has 84 valence electrons. The number of pyridine rings is 1. The molecule has 0 spiro atoms. The zero-order chi connectivity index (χ0) is 11.5. The van der Waals surface area contributed by atoms with Crippen LogP contribution in [0.1, 0.15) is 11.7 Å². The maximum atomic E-state index is 12.2. The lowest BCUT2D eigenvalue weighted by molar-refractivity contribution is -0.00596. The van der Waals surface area contributed by atoms with E-state index in [4.69, 9.17) is 5.11 Å². The van der Waals surface area contributed by atoms with Gasteiger partial charge in [0.25, 0.3) is 6.43 Å². The van der Waals surface area contributed by atoms with Crippen molar-refractivity contribution in [3.05, 3.63) is 36.5 Å². The summed E-state index contributed by atoms with van der Waals surface area (Å²) in [5.74, 6) is 0.447. The first-order chi connectivity index (χ1) is 7.68. The van der Waals surface area contributed by atoms with Crippen LogP contribution in [-0.2, 0) is 0 Å². The van der Waals surface area contributed by atoms with Gasteiger partial charge in [0.05, 0.1) is 0 Å². The number of aliphatic hydroxyl groups excluding tert-OH is 1. The molecule has 0 bridgehead atoms. The Hall–Kier alpha value is -1.89. The fraction of sp³-hybridized carbons (Fsp3) is 0.222. The maximum Gasteiger partial charge on any atom is 0.268 e. The molecule has 1 unspecified atom stereocenters. The number of hydrogen-bond acceptors (Lipinski definition) is 4. The largest absolute Gasteiger partial charge is 0.382 e. The molecular weight excluding hydrogens is 218 g/mol. The van der Waals surface area contributed by atoms with Gasteiger partial charge >= 0.3 is 0 Å². The summed E-state index contributed by atoms with van der Waals surface area (Å²) in [5, 5.41) is 12.9. The van der Waals surface area contributed by atoms with Crippen LogP contribution in [0.15, 0.2) is 31.0 Å². The second kappa shape index (κ2) is 4.31. The highest BCUT2D eigenvalue weighted by atomic mass is 19.3. The van der Waals surface area contributed by atoms with Crippen LogP contribution < -0.4 is 0 Å². The Morgan fingerprint density at radius 1 is 1.31 bits per heavy atom. The van der Waals surface area contributed by atoms with E-state index in [-0.39, 0.29) is 5.56 Å². The second-order valence-electron chi connectivity index (χ2n) is 3.07. The SMILES string of the molecule is OC(c1ccc(-n2cncn2)nc1)C(F)F. The minimum atomic E-state index is -2.82. The van der Waals surface area contributed by atoms with Crippen molar-refractivity contribution < 1.29 is 13.9 Å². The Bertz CT molecular complexity index is 443. The summed E-state index contributed by atoms with van der Waals surface area (Å²) in [5.41, 5.74) is 0.0684. The van der Waals surface area contributed by atoms with Gasteiger partial charge in [-0.25, -0.2) is 23.4 Å². The third-order valence-electron chi connectivity index (χ3n) is 2.00. The molecule has 1 atom stereocenters. The lowest BCUT2D eigenvalue weighted by atomic mass is 10.2. The maximum absolute atomic E-state index is 12.2. The van der Waals surface area contributed by atoms with E-state index in [1.54, 1.807) is 0 Å². The highest BCUT2D eigenvalue weighted by molar-refractivity contribution is 5.25. The Labute approximate surface area is 89.4 Å². The highest BCUT2D eigenvalue weighted by Crippen LogP contribution is 2.19. The van der Waals surface area contributed by atoms with Crippen LogP contribution in [0.3, 0.4) is 0 Å². The summed E-state index contributed by atoms with van der Waals surface area (Å²) < 4.78 is 25.8. The van der Waals surface area contributed by atoms with Crippen molar-refractivity contribution in [3.8, 4) is 5.82 Å². The van der Waals surface area contributed by atoms with Gasteiger partial charge in [-0.1, -0.05) is 6.07 Å². The summed E-state index contributed by atoms with van der Waals surface area (Å²) in [4.78, 5) is 7.62. The molecular formula is C9H8F2N4O. The third kappa shape index (κ3) is 2.03. The average molecular weight is 226 g/mol. The van der Waals surface area contributed by atoms with E-state index >= 15 is 0 Å². The summed E-state index contributed by atoms with van der Waals surface area (Å²) in [6.45, 7) is 0. The van der Waals surface area contributed by atoms with E-state index in [2.05, 4.69) is 15.1 Å². The lowest BCUT2D eigenvalue weighted by Gasteiger charge is -2.09. The van der Waals surface area contributed by atoms with E-state index < -0.39 is 12.5 Å². The molecule has 0 saturated carbocycles. The monoisotopic (exact) mass is 226 g/mol. The number of hydrogen-bond donors (Lipinski definition) is 1. The van der Waals surface area contributed by atoms with E-state index in [1.807, 2.05) is 0 Å². The Balaban J connectivity index is 2.23. The molecule has 0 saturated heterocycles. The predicted octanol–water partition coefficient (Wildman–Crippen LogP) is 0.961. The lowest BCUT2D eigenvalue weighted by Crippen LogP contribution is -2.09. The van der Waals surface area contributed by atoms with Crippen molar-refractivity contribution in [3.63, 3.8) is 0 Å². The Kier molecular flexibility index (Phi) is 2.86. The first-order valence-corrected chi connectivity index (χ1v) is 4.45. The molecule has 0 amide bonds. The average Bonchev–Trinajstić information content (AvgIpc) is 2.81. The predicted molar refractivity (Wildman–Crippen MR) is 50.1 cm³/mol. The molecule has 0 radical (unpaired) electrons. The van der Waals surface area contributed by atoms with Gasteiger partial charge in [0.2, 0.25) is 0 Å². The number of aliphatic hydroxyl groups is 1. The zero-order valence-electron chi connectivity index (χ0n) is 8.03. The summed E-state index contributed by atoms with van der Waals surface area (Å²) in [6.07, 6.45) is -0.667. The van der Waals surface area contributed by atoms with Crippen LogP contribution in [0.5, 0.6) is 0 Å². The molecule has 0 aliphatic heterocycles. The van der Waals surface area contributed by atoms with Crippen LogP contribution >= 0.6 is 0 Å². The van der Waals surface area contributed by atoms with Gasteiger partial charge in [0, 0.05) is 11.8 Å².